The number of tetrazole rings is 1. The lowest BCUT2D eigenvalue weighted by Crippen LogP contribution is -2.30. The maximum absolute atomic E-state index is 4.07. The Morgan fingerprint density at radius 3 is 2.30 bits per heavy atom. The van der Waals surface area contributed by atoms with Gasteiger partial charge in [-0.25, -0.2) is 0 Å². The molecule has 0 radical (unpaired) electrons. The number of hydrogen-bond donors (Lipinski definition) is 1. The minimum atomic E-state index is 0.810. The first-order chi connectivity index (χ1) is 14.9. The highest BCUT2D eigenvalue weighted by Crippen LogP contribution is 2.39. The number of likely N-dealkylation sites (tertiary alicyclic amines) is 1. The first kappa shape index (κ1) is 18.8. The number of benzene rings is 2. The third-order valence-electron chi connectivity index (χ3n) is 6.13. The molecule has 0 bridgehead atoms. The Morgan fingerprint density at radius 1 is 0.867 bits per heavy atom. The summed E-state index contributed by atoms with van der Waals surface area (Å²) in [5.41, 5.74) is 8.24. The largest absolute Gasteiger partial charge is 0.374 e. The maximum atomic E-state index is 4.07. The van der Waals surface area contributed by atoms with Gasteiger partial charge in [-0.2, -0.15) is 5.21 Å². The van der Waals surface area contributed by atoms with Gasteiger partial charge in [-0.05, 0) is 54.4 Å². The van der Waals surface area contributed by atoms with Gasteiger partial charge in [0.05, 0.1) is 0 Å². The van der Waals surface area contributed by atoms with Gasteiger partial charge in [0.2, 0.25) is 0 Å². The van der Waals surface area contributed by atoms with Gasteiger partial charge in [-0.15, -0.1) is 10.2 Å². The van der Waals surface area contributed by atoms with Crippen molar-refractivity contribution in [2.75, 3.05) is 13.1 Å². The minimum absolute atomic E-state index is 0.810. The normalized spacial score (nSPS) is 15.7. The number of hydrogen-bond acceptors (Lipinski definition) is 4. The fraction of sp³-hybridized carbons (Fsp3) is 0.320. The highest BCUT2D eigenvalue weighted by atomic mass is 15.5. The summed E-state index contributed by atoms with van der Waals surface area (Å²) in [6, 6.07) is 17.6. The molecular formula is C25H27N5. The van der Waals surface area contributed by atoms with Gasteiger partial charge in [0.15, 0.2) is 5.82 Å². The Labute approximate surface area is 177 Å². The zero-order chi connectivity index (χ0) is 20.2. The predicted octanol–water partition coefficient (Wildman–Crippen LogP) is 4.95. The fourth-order valence-electron chi connectivity index (χ4n) is 4.67. The molecule has 5 rings (SSSR count). The van der Waals surface area contributed by atoms with Crippen LogP contribution in [0.4, 0.5) is 0 Å². The zero-order valence-electron chi connectivity index (χ0n) is 17.2. The lowest BCUT2D eigenvalue weighted by Gasteiger charge is -2.34. The predicted molar refractivity (Wildman–Crippen MR) is 120 cm³/mol. The van der Waals surface area contributed by atoms with Crippen LogP contribution in [-0.2, 0) is 6.42 Å². The van der Waals surface area contributed by atoms with Crippen molar-refractivity contribution >= 4 is 17.7 Å². The molecule has 1 saturated heterocycles. The van der Waals surface area contributed by atoms with Crippen LogP contribution >= 0.6 is 0 Å². The summed E-state index contributed by atoms with van der Waals surface area (Å²) < 4.78 is 0. The lowest BCUT2D eigenvalue weighted by atomic mass is 9.88. The number of nitrogens with one attached hydrogen (secondary N) is 1. The van der Waals surface area contributed by atoms with E-state index >= 15 is 0 Å². The van der Waals surface area contributed by atoms with Crippen LogP contribution in [0.15, 0.2) is 54.2 Å². The molecule has 2 aliphatic rings. The molecule has 0 amide bonds. The summed E-state index contributed by atoms with van der Waals surface area (Å²) in [6.45, 7) is 2.22. The molecule has 3 aromatic rings. The van der Waals surface area contributed by atoms with Crippen molar-refractivity contribution in [2.45, 2.75) is 38.5 Å². The summed E-state index contributed by atoms with van der Waals surface area (Å²) in [5, 5.41) is 14.3. The quantitative estimate of drug-likeness (QED) is 0.484. The van der Waals surface area contributed by atoms with Crippen LogP contribution in [0.1, 0.15) is 60.2 Å². The van der Waals surface area contributed by atoms with E-state index in [0.717, 1.165) is 44.6 Å². The molecule has 152 valence electrons. The molecule has 5 nitrogen and oxygen atoms in total. The average molecular weight is 398 g/mol. The van der Waals surface area contributed by atoms with Crippen molar-refractivity contribution in [1.29, 1.82) is 0 Å². The molecule has 2 aromatic carbocycles. The summed E-state index contributed by atoms with van der Waals surface area (Å²) in [7, 11) is 0. The summed E-state index contributed by atoms with van der Waals surface area (Å²) in [6.07, 6.45) is 11.3. The summed E-state index contributed by atoms with van der Waals surface area (Å²) >= 11 is 0. The van der Waals surface area contributed by atoms with Gasteiger partial charge in [-0.1, -0.05) is 65.9 Å². The van der Waals surface area contributed by atoms with Crippen LogP contribution in [0, 0.1) is 0 Å². The number of rotatable bonds is 5. The fourth-order valence-corrected chi connectivity index (χ4v) is 4.67. The molecule has 0 saturated carbocycles. The van der Waals surface area contributed by atoms with E-state index in [1.807, 2.05) is 0 Å². The van der Waals surface area contributed by atoms with Gasteiger partial charge >= 0.3 is 0 Å². The minimum Gasteiger partial charge on any atom is -0.374 e. The summed E-state index contributed by atoms with van der Waals surface area (Å²) in [5.74, 6) is 0.810. The Hall–Kier alpha value is -3.21. The number of fused-ring (bicyclic) bond motifs is 2. The van der Waals surface area contributed by atoms with Crippen molar-refractivity contribution in [2.24, 2.45) is 0 Å². The first-order valence-electron chi connectivity index (χ1n) is 11.0. The maximum Gasteiger partial charge on any atom is 0.174 e. The highest BCUT2D eigenvalue weighted by molar-refractivity contribution is 5.94. The Morgan fingerprint density at radius 2 is 1.60 bits per heavy atom. The van der Waals surface area contributed by atoms with Crippen molar-refractivity contribution < 1.29 is 0 Å². The standard InChI is InChI=1S/C25H27N5/c1-3-11-21-19(9-1)15-16-20-10-2-4-12-22(20)25(21)23-13-5-7-17-30(23)18-8-6-14-24-26-28-29-27-24/h1-4,9-12,15-16H,5-8,13-14,17-18H2,(H,26,27,28,29). The van der Waals surface area contributed by atoms with Crippen LogP contribution in [0.2, 0.25) is 0 Å². The molecule has 2 heterocycles. The molecule has 30 heavy (non-hydrogen) atoms. The number of piperidine rings is 1. The second-order valence-electron chi connectivity index (χ2n) is 8.06. The van der Waals surface area contributed by atoms with Crippen LogP contribution in [0.3, 0.4) is 0 Å². The Bertz CT molecular complexity index is 1010. The van der Waals surface area contributed by atoms with Gasteiger partial charge in [0.25, 0.3) is 0 Å². The molecule has 0 unspecified atom stereocenters. The third-order valence-corrected chi connectivity index (χ3v) is 6.13. The van der Waals surface area contributed by atoms with E-state index in [2.05, 4.69) is 86.2 Å². The van der Waals surface area contributed by atoms with Crippen molar-refractivity contribution in [3.63, 3.8) is 0 Å². The molecule has 1 N–H and O–H groups in total. The van der Waals surface area contributed by atoms with Crippen molar-refractivity contribution in [3.8, 4) is 0 Å². The number of nitrogens with zero attached hydrogens (tertiary/aromatic N) is 4. The highest BCUT2D eigenvalue weighted by Gasteiger charge is 2.24. The SMILES string of the molecule is C1=Cc2ccccc2C(=C2CCCCN2CCCCc2nn[nH]n2)c2ccccc21. The average Bonchev–Trinajstić information content (AvgIpc) is 3.25. The van der Waals surface area contributed by atoms with E-state index in [0.29, 0.717) is 0 Å². The van der Waals surface area contributed by atoms with E-state index in [1.165, 1.54) is 46.4 Å². The second kappa shape index (κ2) is 8.66. The third kappa shape index (κ3) is 3.80. The van der Waals surface area contributed by atoms with Crippen LogP contribution < -0.4 is 0 Å². The van der Waals surface area contributed by atoms with Crippen molar-refractivity contribution in [1.82, 2.24) is 25.5 Å². The van der Waals surface area contributed by atoms with Gasteiger partial charge in [-0.3, -0.25) is 0 Å². The van der Waals surface area contributed by atoms with Crippen LogP contribution in [0.25, 0.3) is 17.7 Å². The molecule has 0 spiro atoms. The van der Waals surface area contributed by atoms with Gasteiger partial charge < -0.3 is 4.90 Å². The molecule has 1 fully saturated rings. The van der Waals surface area contributed by atoms with E-state index in [4.69, 9.17) is 0 Å². The second-order valence-corrected chi connectivity index (χ2v) is 8.06. The molecule has 1 aromatic heterocycles. The lowest BCUT2D eigenvalue weighted by molar-refractivity contribution is 0.286. The number of allylic oxidation sites excluding steroid dienone is 1. The van der Waals surface area contributed by atoms with Gasteiger partial charge in [0, 0.05) is 30.8 Å². The topological polar surface area (TPSA) is 57.7 Å². The Balaban J connectivity index is 1.48. The number of aromatic nitrogens is 4. The van der Waals surface area contributed by atoms with Crippen LogP contribution in [-0.4, -0.2) is 38.6 Å². The van der Waals surface area contributed by atoms with E-state index in [1.54, 1.807) is 0 Å². The van der Waals surface area contributed by atoms with E-state index in [9.17, 15) is 0 Å². The smallest absolute Gasteiger partial charge is 0.174 e. The zero-order valence-corrected chi connectivity index (χ0v) is 17.2. The monoisotopic (exact) mass is 397 g/mol. The molecule has 0 atom stereocenters. The summed E-state index contributed by atoms with van der Waals surface area (Å²) in [4.78, 5) is 2.63. The van der Waals surface area contributed by atoms with E-state index < -0.39 is 0 Å². The molecule has 1 aliphatic heterocycles. The number of unbranched alkanes of at least 4 members (excludes halogenated alkanes) is 1. The number of aryl methyl sites for hydroxylation is 1. The van der Waals surface area contributed by atoms with Crippen molar-refractivity contribution in [3.05, 3.63) is 82.3 Å². The molecular weight excluding hydrogens is 370 g/mol. The number of aromatic amines is 1. The van der Waals surface area contributed by atoms with E-state index in [-0.39, 0.29) is 0 Å². The molecule has 5 heteroatoms. The first-order valence-corrected chi connectivity index (χ1v) is 11.0. The van der Waals surface area contributed by atoms with Gasteiger partial charge in [0.1, 0.15) is 0 Å². The number of H-pyrrole nitrogens is 1. The Kier molecular flexibility index (Phi) is 5.42. The molecule has 1 aliphatic carbocycles. The van der Waals surface area contributed by atoms with Crippen LogP contribution in [0.5, 0.6) is 0 Å².